The van der Waals surface area contributed by atoms with Crippen molar-refractivity contribution in [2.75, 3.05) is 6.61 Å². The first-order chi connectivity index (χ1) is 15.1. The van der Waals surface area contributed by atoms with Crippen LogP contribution in [0, 0.1) is 0 Å². The summed E-state index contributed by atoms with van der Waals surface area (Å²) in [4.78, 5) is 30.3. The van der Waals surface area contributed by atoms with Crippen LogP contribution in [0.2, 0.25) is 0 Å². The minimum Gasteiger partial charge on any atom is -0.494 e. The smallest absolute Gasteiger partial charge is 0.339 e. The number of carbonyl (C=O) groups excluding carboxylic acids is 2. The van der Waals surface area contributed by atoms with Gasteiger partial charge in [0.05, 0.1) is 24.0 Å². The second-order valence-electron chi connectivity index (χ2n) is 6.92. The Hall–Kier alpha value is -3.93. The third-order valence-corrected chi connectivity index (χ3v) is 4.81. The monoisotopic (exact) mass is 415 g/mol. The Labute approximate surface area is 179 Å². The zero-order chi connectivity index (χ0) is 21.8. The van der Waals surface area contributed by atoms with Gasteiger partial charge in [0.2, 0.25) is 5.78 Å². The number of aromatic nitrogens is 1. The topological polar surface area (TPSA) is 78.6 Å². The summed E-state index contributed by atoms with van der Waals surface area (Å²) in [6.45, 7) is 4.00. The summed E-state index contributed by atoms with van der Waals surface area (Å²) in [5, 5.41) is 0.642. The van der Waals surface area contributed by atoms with Gasteiger partial charge in [-0.15, -0.1) is 0 Å². The van der Waals surface area contributed by atoms with Crippen molar-refractivity contribution in [1.29, 1.82) is 0 Å². The molecule has 0 spiro atoms. The Morgan fingerprint density at radius 2 is 1.81 bits per heavy atom. The number of carbonyl (C=O) groups is 2. The van der Waals surface area contributed by atoms with E-state index in [4.69, 9.17) is 13.9 Å². The third-order valence-electron chi connectivity index (χ3n) is 4.81. The highest BCUT2D eigenvalue weighted by atomic mass is 16.5. The molecule has 0 radical (unpaired) electrons. The first kappa shape index (κ1) is 20.3. The number of rotatable bonds is 7. The number of nitrogens with zero attached hydrogens (tertiary/aromatic N) is 1. The van der Waals surface area contributed by atoms with Crippen molar-refractivity contribution in [2.24, 2.45) is 0 Å². The van der Waals surface area contributed by atoms with E-state index in [9.17, 15) is 9.59 Å². The lowest BCUT2D eigenvalue weighted by Gasteiger charge is -2.14. The normalized spacial score (nSPS) is 11.8. The van der Waals surface area contributed by atoms with E-state index in [0.717, 1.165) is 0 Å². The molecule has 6 nitrogen and oxygen atoms in total. The van der Waals surface area contributed by atoms with Crippen LogP contribution in [0.4, 0.5) is 0 Å². The number of hydrogen-bond acceptors (Lipinski definition) is 6. The van der Waals surface area contributed by atoms with Crippen LogP contribution in [0.3, 0.4) is 0 Å². The number of benzene rings is 2. The first-order valence-electron chi connectivity index (χ1n) is 9.98. The molecule has 31 heavy (non-hydrogen) atoms. The fourth-order valence-corrected chi connectivity index (χ4v) is 3.29. The molecule has 1 atom stereocenters. The van der Waals surface area contributed by atoms with E-state index < -0.39 is 12.1 Å². The summed E-state index contributed by atoms with van der Waals surface area (Å²) in [5.41, 5.74) is 1.91. The third kappa shape index (κ3) is 4.33. The molecular formula is C25H21NO5. The van der Waals surface area contributed by atoms with Gasteiger partial charge in [-0.1, -0.05) is 18.2 Å². The zero-order valence-electron chi connectivity index (χ0n) is 17.2. The van der Waals surface area contributed by atoms with Gasteiger partial charge in [-0.2, -0.15) is 0 Å². The number of Topliss-reactive ketones (excluding diaryl/α,β-unsaturated/α-hetero) is 1. The maximum Gasteiger partial charge on any atom is 0.339 e. The van der Waals surface area contributed by atoms with Gasteiger partial charge in [0.15, 0.2) is 11.9 Å². The number of para-hydroxylation sites is 1. The minimum atomic E-state index is -0.954. The second kappa shape index (κ2) is 8.83. The molecule has 0 amide bonds. The van der Waals surface area contributed by atoms with Crippen LogP contribution in [-0.2, 0) is 4.74 Å². The van der Waals surface area contributed by atoms with E-state index in [1.54, 1.807) is 61.7 Å². The van der Waals surface area contributed by atoms with Gasteiger partial charge in [-0.3, -0.25) is 4.79 Å². The summed E-state index contributed by atoms with van der Waals surface area (Å²) in [5.74, 6) is 0.329. The molecule has 0 fully saturated rings. The van der Waals surface area contributed by atoms with E-state index >= 15 is 0 Å². The Morgan fingerprint density at radius 3 is 2.52 bits per heavy atom. The number of esters is 1. The number of ether oxygens (including phenoxy) is 2. The molecule has 0 unspecified atom stereocenters. The zero-order valence-corrected chi connectivity index (χ0v) is 17.2. The number of fused-ring (bicyclic) bond motifs is 1. The van der Waals surface area contributed by atoms with Crippen LogP contribution in [0.5, 0.6) is 5.75 Å². The van der Waals surface area contributed by atoms with E-state index in [1.807, 2.05) is 25.1 Å². The highest BCUT2D eigenvalue weighted by Crippen LogP contribution is 2.26. The fourth-order valence-electron chi connectivity index (χ4n) is 3.29. The largest absolute Gasteiger partial charge is 0.494 e. The van der Waals surface area contributed by atoms with Gasteiger partial charge in [-0.25, -0.2) is 9.78 Å². The molecule has 0 aliphatic carbocycles. The lowest BCUT2D eigenvalue weighted by atomic mass is 10.1. The molecule has 0 aliphatic rings. The van der Waals surface area contributed by atoms with Gasteiger partial charge in [0.1, 0.15) is 11.4 Å². The molecule has 2 heterocycles. The van der Waals surface area contributed by atoms with E-state index in [-0.39, 0.29) is 5.78 Å². The van der Waals surface area contributed by atoms with Crippen molar-refractivity contribution in [3.05, 3.63) is 84.1 Å². The molecule has 0 N–H and O–H groups in total. The van der Waals surface area contributed by atoms with Crippen molar-refractivity contribution in [3.8, 4) is 17.2 Å². The molecule has 156 valence electrons. The Kier molecular flexibility index (Phi) is 5.80. The minimum absolute atomic E-state index is 0.291. The van der Waals surface area contributed by atoms with Gasteiger partial charge in [0.25, 0.3) is 0 Å². The van der Waals surface area contributed by atoms with Crippen molar-refractivity contribution >= 4 is 22.7 Å². The lowest BCUT2D eigenvalue weighted by molar-refractivity contribution is 0.0320. The van der Waals surface area contributed by atoms with E-state index in [0.29, 0.717) is 45.8 Å². The van der Waals surface area contributed by atoms with Gasteiger partial charge >= 0.3 is 5.97 Å². The number of pyridine rings is 1. The first-order valence-corrected chi connectivity index (χ1v) is 9.98. The molecule has 0 saturated carbocycles. The molecular weight excluding hydrogens is 394 g/mol. The van der Waals surface area contributed by atoms with Crippen molar-refractivity contribution in [1.82, 2.24) is 4.98 Å². The summed E-state index contributed by atoms with van der Waals surface area (Å²) >= 11 is 0. The molecule has 0 aliphatic heterocycles. The lowest BCUT2D eigenvalue weighted by Crippen LogP contribution is -2.24. The summed E-state index contributed by atoms with van der Waals surface area (Å²) in [7, 11) is 0. The van der Waals surface area contributed by atoms with Gasteiger partial charge in [-0.05, 0) is 62.4 Å². The average Bonchev–Trinajstić information content (AvgIpc) is 3.33. The molecule has 2 aromatic heterocycles. The van der Waals surface area contributed by atoms with Gasteiger partial charge < -0.3 is 13.9 Å². The van der Waals surface area contributed by atoms with Crippen LogP contribution in [-0.4, -0.2) is 29.4 Å². The van der Waals surface area contributed by atoms with E-state index in [2.05, 4.69) is 4.98 Å². The second-order valence-corrected chi connectivity index (χ2v) is 6.92. The van der Waals surface area contributed by atoms with Crippen LogP contribution in [0.1, 0.15) is 34.6 Å². The van der Waals surface area contributed by atoms with Crippen molar-refractivity contribution in [2.45, 2.75) is 20.0 Å². The predicted molar refractivity (Wildman–Crippen MR) is 116 cm³/mol. The molecule has 2 aromatic carbocycles. The number of hydrogen-bond donors (Lipinski definition) is 0. The summed E-state index contributed by atoms with van der Waals surface area (Å²) < 4.78 is 16.4. The number of ketones is 1. The maximum atomic E-state index is 13.0. The standard InChI is InChI=1S/C25H21NO5/c1-3-29-18-12-10-17(11-13-18)24(27)16(2)31-25(28)20-15-22(23-9-6-14-30-23)26-21-8-5-4-7-19(20)21/h4-16H,3H2,1-2H3/t16-/m1/s1. The molecule has 6 heteroatoms. The Balaban J connectivity index is 1.59. The summed E-state index contributed by atoms with van der Waals surface area (Å²) in [6.07, 6.45) is 0.589. The van der Waals surface area contributed by atoms with E-state index in [1.165, 1.54) is 0 Å². The quantitative estimate of drug-likeness (QED) is 0.300. The molecule has 4 rings (SSSR count). The molecule has 4 aromatic rings. The Bertz CT molecular complexity index is 1210. The maximum absolute atomic E-state index is 13.0. The predicted octanol–water partition coefficient (Wildman–Crippen LogP) is 5.32. The van der Waals surface area contributed by atoms with Crippen molar-refractivity contribution in [3.63, 3.8) is 0 Å². The summed E-state index contributed by atoms with van der Waals surface area (Å²) in [6, 6.07) is 19.2. The van der Waals surface area contributed by atoms with Crippen LogP contribution in [0.25, 0.3) is 22.4 Å². The number of furan rings is 1. The Morgan fingerprint density at radius 1 is 1.03 bits per heavy atom. The van der Waals surface area contributed by atoms with Crippen molar-refractivity contribution < 1.29 is 23.5 Å². The fraction of sp³-hybridized carbons (Fsp3) is 0.160. The van der Waals surface area contributed by atoms with Gasteiger partial charge in [0, 0.05) is 10.9 Å². The SMILES string of the molecule is CCOc1ccc(C(=O)[C@@H](C)OC(=O)c2cc(-c3ccco3)nc3ccccc23)cc1. The highest BCUT2D eigenvalue weighted by Gasteiger charge is 2.23. The molecule has 0 bridgehead atoms. The van der Waals surface area contributed by atoms with Crippen LogP contribution in [0.15, 0.2) is 77.4 Å². The van der Waals surface area contributed by atoms with Crippen LogP contribution < -0.4 is 4.74 Å². The van der Waals surface area contributed by atoms with Crippen LogP contribution >= 0.6 is 0 Å². The molecule has 0 saturated heterocycles. The average molecular weight is 415 g/mol. The highest BCUT2D eigenvalue weighted by molar-refractivity contribution is 6.06.